The Balaban J connectivity index is -0.00000420. The van der Waals surface area contributed by atoms with Crippen molar-refractivity contribution in [1.82, 2.24) is 0 Å². The van der Waals surface area contributed by atoms with Gasteiger partial charge >= 0.3 is 204 Å². The molecule has 0 aromatic heterocycles. The van der Waals surface area contributed by atoms with Crippen molar-refractivity contribution in [3.05, 3.63) is 42.3 Å². The molecule has 0 atom stereocenters. The topological polar surface area (TPSA) is 0 Å². The van der Waals surface area contributed by atoms with E-state index in [4.69, 9.17) is 0 Å². The Hall–Kier alpha value is 1.16. The molecule has 0 aromatic rings. The first-order chi connectivity index (χ1) is 13.2. The fourth-order valence-corrected chi connectivity index (χ4v) is 14.0. The van der Waals surface area contributed by atoms with E-state index < -0.39 is 53.6 Å². The molecule has 0 bridgehead atoms. The average Bonchev–Trinajstić information content (AvgIpc) is 2.47. The minimum absolute atomic E-state index is 0. The summed E-state index contributed by atoms with van der Waals surface area (Å²) in [6, 6.07) is 2.60. The van der Waals surface area contributed by atoms with Crippen molar-refractivity contribution in [2.75, 3.05) is 0 Å². The number of hydrogen-bond acceptors (Lipinski definition) is 0. The standard InChI is InChI=1S/2C11H23Si2.C3H6.2ClH.Zr/c2*1-12(2,3)10-8-7-9-11-13(4,5)6;1-3-2;;;/h2*8-10H,11H2,1-6H3;1-2H3;2*1H;/q;;;;;+2/p-2. The van der Waals surface area contributed by atoms with Crippen molar-refractivity contribution in [2.45, 2.75) is 104 Å². The SMILES string of the molecule is C[C](C)=[Zr+2]([C](C=C[Si](C)(C)C)=CC[Si](C)(C)C)[C](C=C[Si](C)(C)C)=CC[Si](C)(C)C.[Cl-].[Cl-]. The van der Waals surface area contributed by atoms with E-state index in [0.717, 1.165) is 0 Å². The van der Waals surface area contributed by atoms with Crippen molar-refractivity contribution >= 4 is 35.5 Å². The van der Waals surface area contributed by atoms with E-state index in [-0.39, 0.29) is 24.8 Å². The van der Waals surface area contributed by atoms with E-state index in [9.17, 15) is 0 Å². The molecule has 0 N–H and O–H groups in total. The van der Waals surface area contributed by atoms with Gasteiger partial charge in [0.1, 0.15) is 0 Å². The van der Waals surface area contributed by atoms with Gasteiger partial charge in [0.25, 0.3) is 0 Å². The van der Waals surface area contributed by atoms with Crippen LogP contribution < -0.4 is 24.8 Å². The van der Waals surface area contributed by atoms with E-state index in [1.807, 2.05) is 0 Å². The van der Waals surface area contributed by atoms with Crippen LogP contribution in [0.4, 0.5) is 0 Å². The third-order valence-corrected chi connectivity index (χ3v) is 16.8. The Morgan fingerprint density at radius 3 is 1.03 bits per heavy atom. The van der Waals surface area contributed by atoms with E-state index in [1.165, 1.54) is 12.1 Å². The maximum absolute atomic E-state index is 2.68. The molecule has 0 unspecified atom stereocenters. The van der Waals surface area contributed by atoms with E-state index >= 15 is 0 Å². The Morgan fingerprint density at radius 1 is 0.562 bits per heavy atom. The van der Waals surface area contributed by atoms with Crippen LogP contribution in [-0.2, 0) is 21.3 Å². The Kier molecular flexibility index (Phi) is 18.0. The Bertz CT molecular complexity index is 661. The molecule has 32 heavy (non-hydrogen) atoms. The number of allylic oxidation sites excluding steroid dienone is 6. The molecular weight excluding hydrogens is 575 g/mol. The molecule has 0 spiro atoms. The third kappa shape index (κ3) is 20.5. The van der Waals surface area contributed by atoms with Gasteiger partial charge in [-0.25, -0.2) is 0 Å². The molecule has 0 amide bonds. The van der Waals surface area contributed by atoms with Crippen LogP contribution in [0.1, 0.15) is 13.8 Å². The van der Waals surface area contributed by atoms with Crippen molar-refractivity contribution in [3.63, 3.8) is 0 Å². The normalized spacial score (nSPS) is 14.2. The largest absolute Gasteiger partial charge is 1.00 e. The van der Waals surface area contributed by atoms with Gasteiger partial charge in [-0.15, -0.1) is 0 Å². The summed E-state index contributed by atoms with van der Waals surface area (Å²) < 4.78 is 5.16. The van der Waals surface area contributed by atoms with E-state index in [0.29, 0.717) is 0 Å². The van der Waals surface area contributed by atoms with Crippen LogP contribution in [0.5, 0.6) is 0 Å². The minimum Gasteiger partial charge on any atom is -1.00 e. The molecule has 0 fully saturated rings. The second-order valence-corrected chi connectivity index (χ2v) is 42.0. The fourth-order valence-electron chi connectivity index (χ4n) is 2.76. The van der Waals surface area contributed by atoms with Gasteiger partial charge in [0.2, 0.25) is 0 Å². The Morgan fingerprint density at radius 2 is 0.844 bits per heavy atom. The molecule has 0 aliphatic rings. The van der Waals surface area contributed by atoms with Gasteiger partial charge in [-0.1, -0.05) is 0 Å². The smallest absolute Gasteiger partial charge is 1.00 e. The summed E-state index contributed by atoms with van der Waals surface area (Å²) in [5, 5.41) is 0. The van der Waals surface area contributed by atoms with Crippen molar-refractivity contribution < 1.29 is 46.1 Å². The summed E-state index contributed by atoms with van der Waals surface area (Å²) in [5.41, 5.74) is 5.18. The minimum atomic E-state index is -2.07. The van der Waals surface area contributed by atoms with Gasteiger partial charge in [0, 0.05) is 0 Å². The third-order valence-electron chi connectivity index (χ3n) is 4.47. The second kappa shape index (κ2) is 15.3. The van der Waals surface area contributed by atoms with Gasteiger partial charge in [-0.05, 0) is 0 Å². The maximum Gasteiger partial charge on any atom is -1.00 e. The van der Waals surface area contributed by atoms with E-state index in [2.05, 4.69) is 128 Å². The molecule has 0 rings (SSSR count). The quantitative estimate of drug-likeness (QED) is 0.258. The summed E-state index contributed by atoms with van der Waals surface area (Å²) in [6.45, 7) is 34.6. The molecular formula is C25H52Cl2Si4Zr. The molecule has 0 aliphatic carbocycles. The first-order valence-corrected chi connectivity index (χ1v) is 29.9. The fraction of sp³-hybridized carbons (Fsp3) is 0.640. The summed E-state index contributed by atoms with van der Waals surface area (Å²) in [5.74, 6) is 0. The van der Waals surface area contributed by atoms with Gasteiger partial charge in [0.05, 0.1) is 0 Å². The predicted molar refractivity (Wildman–Crippen MR) is 154 cm³/mol. The van der Waals surface area contributed by atoms with Crippen molar-refractivity contribution in [3.8, 4) is 0 Å². The van der Waals surface area contributed by atoms with E-state index in [1.54, 1.807) is 9.77 Å². The Labute approximate surface area is 226 Å². The molecule has 7 heteroatoms. The maximum atomic E-state index is 2.68. The zero-order valence-corrected chi connectivity index (χ0v) is 31.6. The van der Waals surface area contributed by atoms with Gasteiger partial charge in [-0.3, -0.25) is 0 Å². The summed E-state index contributed by atoms with van der Waals surface area (Å²) in [4.78, 5) is 0. The van der Waals surface area contributed by atoms with Crippen molar-refractivity contribution in [1.29, 1.82) is 0 Å². The zero-order chi connectivity index (χ0) is 24.0. The van der Waals surface area contributed by atoms with Crippen LogP contribution >= 0.6 is 0 Å². The molecule has 0 aliphatic heterocycles. The van der Waals surface area contributed by atoms with Crippen LogP contribution in [0.3, 0.4) is 0 Å². The second-order valence-electron chi connectivity index (χ2n) is 13.6. The van der Waals surface area contributed by atoms with Crippen LogP contribution in [0.25, 0.3) is 0 Å². The predicted octanol–water partition coefficient (Wildman–Crippen LogP) is 3.14. The molecule has 186 valence electrons. The zero-order valence-electron chi connectivity index (χ0n) is 23.6. The number of hydrogen-bond donors (Lipinski definition) is 0. The summed E-state index contributed by atoms with van der Waals surface area (Å²) in [7, 11) is -4.65. The van der Waals surface area contributed by atoms with Crippen LogP contribution in [0, 0.1) is 0 Å². The molecule has 0 saturated heterocycles. The van der Waals surface area contributed by atoms with Gasteiger partial charge < -0.3 is 24.8 Å². The van der Waals surface area contributed by atoms with Crippen LogP contribution in [-0.4, -0.2) is 35.5 Å². The monoisotopic (exact) mass is 624 g/mol. The van der Waals surface area contributed by atoms with Crippen LogP contribution in [0.15, 0.2) is 42.3 Å². The van der Waals surface area contributed by atoms with Crippen molar-refractivity contribution in [2.24, 2.45) is 0 Å². The number of rotatable bonds is 10. The molecule has 0 saturated carbocycles. The first kappa shape index (κ1) is 37.7. The van der Waals surface area contributed by atoms with Gasteiger partial charge in [0.15, 0.2) is 0 Å². The number of halogens is 2. The molecule has 0 aromatic carbocycles. The summed E-state index contributed by atoms with van der Waals surface area (Å²) in [6.07, 6.45) is 10.5. The molecule has 0 nitrogen and oxygen atoms in total. The average molecular weight is 627 g/mol. The van der Waals surface area contributed by atoms with Crippen LogP contribution in [0.2, 0.25) is 90.7 Å². The van der Waals surface area contributed by atoms with Gasteiger partial charge in [-0.2, -0.15) is 0 Å². The molecule has 0 heterocycles. The first-order valence-electron chi connectivity index (χ1n) is 11.7. The molecule has 0 radical (unpaired) electrons. The summed E-state index contributed by atoms with van der Waals surface area (Å²) >= 11 is -2.07.